The number of carbonyl (C=O) groups excluding carboxylic acids is 1. The van der Waals surface area contributed by atoms with Crippen molar-refractivity contribution < 1.29 is 18.4 Å². The molecule has 0 saturated heterocycles. The highest BCUT2D eigenvalue weighted by Crippen LogP contribution is 2.21. The predicted octanol–water partition coefficient (Wildman–Crippen LogP) is 3.61. The average molecular weight is 429 g/mol. The molecule has 2 heterocycles. The highest BCUT2D eigenvalue weighted by molar-refractivity contribution is 6.29. The molecule has 0 aliphatic heterocycles. The van der Waals surface area contributed by atoms with Crippen molar-refractivity contribution in [1.29, 1.82) is 0 Å². The van der Waals surface area contributed by atoms with Crippen molar-refractivity contribution in [2.45, 2.75) is 6.54 Å². The lowest BCUT2D eigenvalue weighted by Crippen LogP contribution is -2.28. The fourth-order valence-electron chi connectivity index (χ4n) is 2.25. The van der Waals surface area contributed by atoms with Gasteiger partial charge in [-0.1, -0.05) is 41.5 Å². The molecule has 4 N–H and O–H groups in total. The third kappa shape index (κ3) is 5.72. The number of halogens is 1. The molecule has 2 amide bonds. The summed E-state index contributed by atoms with van der Waals surface area (Å²) in [6.07, 6.45) is 4.16. The first kappa shape index (κ1) is 20.7. The molecule has 3 rings (SSSR count). The Morgan fingerprint density at radius 2 is 2.13 bits per heavy atom. The zero-order valence-corrected chi connectivity index (χ0v) is 16.3. The van der Waals surface area contributed by atoms with E-state index in [4.69, 9.17) is 30.9 Å². The van der Waals surface area contributed by atoms with Crippen molar-refractivity contribution in [2.24, 2.45) is 10.7 Å². The molecule has 154 valence electrons. The minimum atomic E-state index is -0.552. The second-order valence-electron chi connectivity index (χ2n) is 5.59. The van der Waals surface area contributed by atoms with Crippen LogP contribution in [0.25, 0.3) is 11.7 Å². The molecule has 0 aliphatic rings. The maximum Gasteiger partial charge on any atom is 0.324 e. The van der Waals surface area contributed by atoms with Crippen LogP contribution in [0, 0.1) is 0 Å². The standard InChI is InChI=1S/C19H17ClN6O4/c1-12(20)23-16(8-9-21)29-14-6-3-2-5-13(14)11-22-18(27)24-19-26-25-17(30-19)15-7-4-10-28-15/h2-10H,1,11,21H2,(H2,22,24,26,27)/b9-8-,23-16?. The Bertz CT molecular complexity index is 1070. The number of hydrogen-bond donors (Lipinski definition) is 3. The number of rotatable bonds is 7. The predicted molar refractivity (Wildman–Crippen MR) is 111 cm³/mol. The number of urea groups is 1. The van der Waals surface area contributed by atoms with E-state index >= 15 is 0 Å². The molecule has 2 aromatic heterocycles. The van der Waals surface area contributed by atoms with Gasteiger partial charge in [-0.25, -0.2) is 9.79 Å². The van der Waals surface area contributed by atoms with Gasteiger partial charge in [-0.15, -0.1) is 5.10 Å². The number of nitrogens with two attached hydrogens (primary N) is 1. The Morgan fingerprint density at radius 3 is 2.87 bits per heavy atom. The largest absolute Gasteiger partial charge is 0.459 e. The summed E-state index contributed by atoms with van der Waals surface area (Å²) in [5.41, 5.74) is 6.07. The summed E-state index contributed by atoms with van der Waals surface area (Å²) in [7, 11) is 0. The van der Waals surface area contributed by atoms with Crippen LogP contribution in [-0.2, 0) is 6.54 Å². The van der Waals surface area contributed by atoms with E-state index in [1.54, 1.807) is 36.4 Å². The molecule has 0 fully saturated rings. The van der Waals surface area contributed by atoms with Gasteiger partial charge in [0.15, 0.2) is 5.76 Å². The number of ether oxygens (including phenoxy) is 1. The van der Waals surface area contributed by atoms with E-state index in [1.807, 2.05) is 0 Å². The molecule has 0 atom stereocenters. The van der Waals surface area contributed by atoms with Gasteiger partial charge in [0, 0.05) is 18.2 Å². The Kier molecular flexibility index (Phi) is 6.85. The normalized spacial score (nSPS) is 11.4. The number of amides is 2. The van der Waals surface area contributed by atoms with Gasteiger partial charge >= 0.3 is 12.0 Å². The molecular weight excluding hydrogens is 412 g/mol. The van der Waals surface area contributed by atoms with Crippen LogP contribution in [-0.4, -0.2) is 22.1 Å². The summed E-state index contributed by atoms with van der Waals surface area (Å²) in [5, 5.41) is 12.7. The van der Waals surface area contributed by atoms with Gasteiger partial charge in [0.25, 0.3) is 5.89 Å². The summed E-state index contributed by atoms with van der Waals surface area (Å²) >= 11 is 5.70. The summed E-state index contributed by atoms with van der Waals surface area (Å²) in [5.74, 6) is 1.14. The SMILES string of the molecule is C=C(Cl)N=C(/C=C\N)Oc1ccccc1CNC(=O)Nc1nnc(-c2ccco2)o1. The Morgan fingerprint density at radius 1 is 1.30 bits per heavy atom. The zero-order valence-electron chi connectivity index (χ0n) is 15.5. The number of aromatic nitrogens is 2. The second-order valence-corrected chi connectivity index (χ2v) is 6.03. The molecule has 0 bridgehead atoms. The Hall–Kier alpha value is -4.05. The van der Waals surface area contributed by atoms with E-state index in [-0.39, 0.29) is 29.5 Å². The van der Waals surface area contributed by atoms with Crippen molar-refractivity contribution in [3.63, 3.8) is 0 Å². The number of para-hydroxylation sites is 1. The van der Waals surface area contributed by atoms with Crippen LogP contribution in [0.3, 0.4) is 0 Å². The zero-order chi connectivity index (χ0) is 21.3. The summed E-state index contributed by atoms with van der Waals surface area (Å²) < 4.78 is 16.2. The number of benzene rings is 1. The van der Waals surface area contributed by atoms with Crippen LogP contribution in [0.5, 0.6) is 5.75 Å². The van der Waals surface area contributed by atoms with Gasteiger partial charge in [0.05, 0.1) is 6.26 Å². The van der Waals surface area contributed by atoms with Crippen LogP contribution < -0.4 is 21.1 Å². The number of furan rings is 1. The monoisotopic (exact) mass is 428 g/mol. The highest BCUT2D eigenvalue weighted by Gasteiger charge is 2.13. The average Bonchev–Trinajstić information content (AvgIpc) is 3.39. The molecule has 0 radical (unpaired) electrons. The van der Waals surface area contributed by atoms with Crippen molar-refractivity contribution in [3.05, 3.63) is 72.2 Å². The van der Waals surface area contributed by atoms with E-state index in [2.05, 4.69) is 32.4 Å². The van der Waals surface area contributed by atoms with Crippen molar-refractivity contribution in [2.75, 3.05) is 5.32 Å². The van der Waals surface area contributed by atoms with E-state index in [0.717, 1.165) is 0 Å². The minimum Gasteiger partial charge on any atom is -0.459 e. The smallest absolute Gasteiger partial charge is 0.324 e. The molecule has 3 aromatic rings. The maximum atomic E-state index is 12.2. The van der Waals surface area contributed by atoms with Crippen LogP contribution in [0.2, 0.25) is 0 Å². The topological polar surface area (TPSA) is 141 Å². The van der Waals surface area contributed by atoms with Gasteiger partial charge < -0.3 is 24.6 Å². The van der Waals surface area contributed by atoms with E-state index in [0.29, 0.717) is 17.1 Å². The number of nitrogens with zero attached hydrogens (tertiary/aromatic N) is 3. The van der Waals surface area contributed by atoms with Crippen molar-refractivity contribution >= 4 is 29.5 Å². The van der Waals surface area contributed by atoms with Crippen LogP contribution in [0.4, 0.5) is 10.8 Å². The first-order chi connectivity index (χ1) is 14.5. The number of anilines is 1. The van der Waals surface area contributed by atoms with E-state index in [1.165, 1.54) is 18.5 Å². The first-order valence-electron chi connectivity index (χ1n) is 8.54. The quantitative estimate of drug-likeness (QED) is 0.296. The third-order valence-electron chi connectivity index (χ3n) is 3.47. The Balaban J connectivity index is 1.62. The molecular formula is C19H17ClN6O4. The lowest BCUT2D eigenvalue weighted by molar-refractivity contribution is 0.251. The first-order valence-corrected chi connectivity index (χ1v) is 8.92. The lowest BCUT2D eigenvalue weighted by atomic mass is 10.2. The van der Waals surface area contributed by atoms with Gasteiger partial charge in [-0.2, -0.15) is 0 Å². The van der Waals surface area contributed by atoms with Gasteiger partial charge in [0.2, 0.25) is 5.90 Å². The fraction of sp³-hybridized carbons (Fsp3) is 0.0526. The molecule has 1 aromatic carbocycles. The molecule has 30 heavy (non-hydrogen) atoms. The van der Waals surface area contributed by atoms with Gasteiger partial charge in [0.1, 0.15) is 10.9 Å². The van der Waals surface area contributed by atoms with E-state index in [9.17, 15) is 4.79 Å². The number of carbonyl (C=O) groups is 1. The summed E-state index contributed by atoms with van der Waals surface area (Å²) in [6, 6.07) is 9.76. The van der Waals surface area contributed by atoms with E-state index < -0.39 is 6.03 Å². The lowest BCUT2D eigenvalue weighted by Gasteiger charge is -2.11. The van der Waals surface area contributed by atoms with Crippen LogP contribution >= 0.6 is 11.6 Å². The van der Waals surface area contributed by atoms with Crippen molar-refractivity contribution in [3.8, 4) is 17.4 Å². The van der Waals surface area contributed by atoms with Gasteiger partial charge in [-0.05, 0) is 24.4 Å². The van der Waals surface area contributed by atoms with Crippen molar-refractivity contribution in [1.82, 2.24) is 15.5 Å². The molecule has 0 unspecified atom stereocenters. The molecule has 10 nitrogen and oxygen atoms in total. The molecule has 0 aliphatic carbocycles. The Labute approximate surface area is 176 Å². The maximum absolute atomic E-state index is 12.2. The van der Waals surface area contributed by atoms with Crippen LogP contribution in [0.15, 0.2) is 80.5 Å². The number of aliphatic imine (C=N–C) groups is 1. The molecule has 11 heteroatoms. The summed E-state index contributed by atoms with van der Waals surface area (Å²) in [6.45, 7) is 3.63. The number of hydrogen-bond acceptors (Lipinski definition) is 8. The summed E-state index contributed by atoms with van der Waals surface area (Å²) in [4.78, 5) is 16.1. The fourth-order valence-corrected chi connectivity index (χ4v) is 2.33. The second kappa shape index (κ2) is 9.94. The van der Waals surface area contributed by atoms with Gasteiger partial charge in [-0.3, -0.25) is 5.32 Å². The number of nitrogens with one attached hydrogen (secondary N) is 2. The minimum absolute atomic E-state index is 0.0339. The van der Waals surface area contributed by atoms with Crippen LogP contribution in [0.1, 0.15) is 5.56 Å². The molecule has 0 spiro atoms. The third-order valence-corrected chi connectivity index (χ3v) is 3.56. The highest BCUT2D eigenvalue weighted by atomic mass is 35.5. The molecule has 0 saturated carbocycles.